The van der Waals surface area contributed by atoms with Crippen molar-refractivity contribution in [3.63, 3.8) is 0 Å². The van der Waals surface area contributed by atoms with Crippen LogP contribution in [0.1, 0.15) is 6.23 Å². The number of hydrogen-bond donors (Lipinski definition) is 2. The zero-order valence-electron chi connectivity index (χ0n) is 9.46. The first-order chi connectivity index (χ1) is 8.99. The number of hydrogen-bond acceptors (Lipinski definition) is 5. The second kappa shape index (κ2) is 5.02. The highest BCUT2D eigenvalue weighted by Crippen LogP contribution is 2.35. The summed E-state index contributed by atoms with van der Waals surface area (Å²) >= 11 is 0. The second-order valence-electron chi connectivity index (χ2n) is 3.87. The van der Waals surface area contributed by atoms with E-state index in [2.05, 4.69) is 4.98 Å². The summed E-state index contributed by atoms with van der Waals surface area (Å²) in [5.74, 6) is -1.66. The van der Waals surface area contributed by atoms with Crippen molar-refractivity contribution in [2.45, 2.75) is 18.5 Å². The van der Waals surface area contributed by atoms with Crippen LogP contribution in [0.25, 0.3) is 0 Å². The summed E-state index contributed by atoms with van der Waals surface area (Å²) in [7, 11) is 0. The Morgan fingerprint density at radius 2 is 2.32 bits per heavy atom. The monoisotopic (exact) mass is 277 g/mol. The number of alkyl halides is 1. The van der Waals surface area contributed by atoms with Crippen LogP contribution in [-0.4, -0.2) is 33.5 Å². The quantitative estimate of drug-likeness (QED) is 0.797. The fourth-order valence-corrected chi connectivity index (χ4v) is 1.78. The first-order valence-electron chi connectivity index (χ1n) is 5.24. The number of nitrogens with zero attached hydrogens (tertiary/aromatic N) is 2. The molecule has 1 fully saturated rings. The number of rotatable bonds is 2. The number of aliphatic hydroxyl groups excluding tert-OH is 1. The van der Waals surface area contributed by atoms with E-state index in [1.807, 2.05) is 0 Å². The van der Waals surface area contributed by atoms with E-state index in [4.69, 9.17) is 15.6 Å². The van der Waals surface area contributed by atoms with Gasteiger partial charge >= 0.3 is 5.69 Å². The molecular formula is C10H10F3N3O3. The number of anilines is 1. The smallest absolute Gasteiger partial charge is 0.351 e. The van der Waals surface area contributed by atoms with Gasteiger partial charge in [-0.25, -0.2) is 18.0 Å². The molecule has 1 aromatic rings. The first-order valence-corrected chi connectivity index (χ1v) is 5.24. The molecule has 104 valence electrons. The van der Waals surface area contributed by atoms with Gasteiger partial charge in [0.2, 0.25) is 0 Å². The maximum absolute atomic E-state index is 13.9. The van der Waals surface area contributed by atoms with Crippen molar-refractivity contribution in [1.82, 2.24) is 9.55 Å². The summed E-state index contributed by atoms with van der Waals surface area (Å²) in [5.41, 5.74) is 3.58. The molecule has 1 saturated heterocycles. The Bertz CT molecular complexity index is 575. The van der Waals surface area contributed by atoms with E-state index in [1.54, 1.807) is 0 Å². The molecule has 2 rings (SSSR count). The lowest BCUT2D eigenvalue weighted by atomic mass is 10.1. The average Bonchev–Trinajstić information content (AvgIpc) is 2.70. The van der Waals surface area contributed by atoms with Gasteiger partial charge in [0.25, 0.3) is 0 Å². The molecule has 2 heterocycles. The van der Waals surface area contributed by atoms with Gasteiger partial charge in [0, 0.05) is 5.57 Å². The third kappa shape index (κ3) is 2.22. The molecule has 0 aliphatic carbocycles. The largest absolute Gasteiger partial charge is 0.393 e. The Morgan fingerprint density at radius 3 is 2.84 bits per heavy atom. The Balaban J connectivity index is 2.44. The molecular weight excluding hydrogens is 267 g/mol. The summed E-state index contributed by atoms with van der Waals surface area (Å²) in [6, 6.07) is 0. The molecule has 0 spiro atoms. The fourth-order valence-electron chi connectivity index (χ4n) is 1.78. The van der Waals surface area contributed by atoms with Gasteiger partial charge in [-0.2, -0.15) is 4.98 Å². The third-order valence-corrected chi connectivity index (χ3v) is 2.74. The van der Waals surface area contributed by atoms with Crippen molar-refractivity contribution < 1.29 is 23.0 Å². The van der Waals surface area contributed by atoms with Crippen molar-refractivity contribution in [3.8, 4) is 0 Å². The predicted molar refractivity (Wildman–Crippen MR) is 58.0 cm³/mol. The van der Waals surface area contributed by atoms with Crippen LogP contribution >= 0.6 is 0 Å². The number of aliphatic hydroxyl groups is 1. The fraction of sp³-hybridized carbons (Fsp3) is 0.400. The molecule has 3 N–H and O–H groups in total. The van der Waals surface area contributed by atoms with Crippen LogP contribution in [0.2, 0.25) is 0 Å². The van der Waals surface area contributed by atoms with Gasteiger partial charge < -0.3 is 15.6 Å². The lowest BCUT2D eigenvalue weighted by Gasteiger charge is -2.15. The highest BCUT2D eigenvalue weighted by atomic mass is 19.1. The third-order valence-electron chi connectivity index (χ3n) is 2.74. The van der Waals surface area contributed by atoms with Crippen LogP contribution in [0.3, 0.4) is 0 Å². The number of nitrogens with two attached hydrogens (primary N) is 1. The van der Waals surface area contributed by atoms with Gasteiger partial charge in [0.15, 0.2) is 24.0 Å². The van der Waals surface area contributed by atoms with Gasteiger partial charge in [-0.3, -0.25) is 4.57 Å². The Morgan fingerprint density at radius 1 is 1.63 bits per heavy atom. The molecule has 3 unspecified atom stereocenters. The minimum Gasteiger partial charge on any atom is -0.393 e. The molecule has 3 atom stereocenters. The topological polar surface area (TPSA) is 90.4 Å². The van der Waals surface area contributed by atoms with E-state index in [-0.39, 0.29) is 6.33 Å². The van der Waals surface area contributed by atoms with E-state index >= 15 is 0 Å². The molecule has 0 saturated carbocycles. The molecule has 0 aromatic carbocycles. The maximum atomic E-state index is 13.9. The lowest BCUT2D eigenvalue weighted by molar-refractivity contribution is -0.0379. The summed E-state index contributed by atoms with van der Waals surface area (Å²) in [6.45, 7) is -0.674. The number of aromatic nitrogens is 2. The SMILES string of the molecule is Nc1nc(=O)n(C2OC(CO)C(=CF)C2F)cc1F. The van der Waals surface area contributed by atoms with Gasteiger partial charge in [-0.05, 0) is 0 Å². The van der Waals surface area contributed by atoms with Crippen molar-refractivity contribution in [1.29, 1.82) is 0 Å². The summed E-state index contributed by atoms with van der Waals surface area (Å²) < 4.78 is 45.2. The van der Waals surface area contributed by atoms with E-state index < -0.39 is 48.0 Å². The Labute approximate surface area is 104 Å². The highest BCUT2D eigenvalue weighted by Gasteiger charge is 2.42. The lowest BCUT2D eigenvalue weighted by Crippen LogP contribution is -2.31. The molecule has 1 aliphatic heterocycles. The van der Waals surface area contributed by atoms with Crippen LogP contribution < -0.4 is 11.4 Å². The Kier molecular flexibility index (Phi) is 3.58. The number of halogens is 3. The highest BCUT2D eigenvalue weighted by molar-refractivity contribution is 5.27. The molecule has 0 radical (unpaired) electrons. The minimum absolute atomic E-state index is 0.0440. The zero-order chi connectivity index (χ0) is 14.2. The second-order valence-corrected chi connectivity index (χ2v) is 3.87. The standard InChI is InChI=1S/C10H10F3N3O3/c11-1-4-6(3-17)19-9(7(4)13)16-2-5(12)8(14)15-10(16)18/h1-2,6-7,9,17H,3H2,(H2,14,15,18). The molecule has 0 bridgehead atoms. The van der Waals surface area contributed by atoms with Crippen molar-refractivity contribution >= 4 is 5.82 Å². The van der Waals surface area contributed by atoms with E-state index in [0.29, 0.717) is 10.8 Å². The minimum atomic E-state index is -2.04. The number of ether oxygens (including phenoxy) is 1. The molecule has 0 amide bonds. The summed E-state index contributed by atoms with van der Waals surface area (Å²) in [5, 5.41) is 8.92. The summed E-state index contributed by atoms with van der Waals surface area (Å²) in [4.78, 5) is 14.6. The van der Waals surface area contributed by atoms with Crippen LogP contribution in [0.4, 0.5) is 19.0 Å². The molecule has 1 aromatic heterocycles. The zero-order valence-corrected chi connectivity index (χ0v) is 9.46. The average molecular weight is 277 g/mol. The number of nitrogen functional groups attached to an aromatic ring is 1. The molecule has 9 heteroatoms. The van der Waals surface area contributed by atoms with E-state index in [9.17, 15) is 18.0 Å². The van der Waals surface area contributed by atoms with Gasteiger partial charge in [0.1, 0.15) is 6.10 Å². The van der Waals surface area contributed by atoms with Crippen molar-refractivity contribution in [3.05, 3.63) is 34.4 Å². The molecule has 19 heavy (non-hydrogen) atoms. The maximum Gasteiger partial charge on any atom is 0.351 e. The summed E-state index contributed by atoms with van der Waals surface area (Å²) in [6.07, 6.45) is -4.30. The van der Waals surface area contributed by atoms with Crippen LogP contribution in [0.15, 0.2) is 22.9 Å². The van der Waals surface area contributed by atoms with Gasteiger partial charge in [0.05, 0.1) is 19.1 Å². The van der Waals surface area contributed by atoms with Gasteiger partial charge in [-0.15, -0.1) is 0 Å². The van der Waals surface area contributed by atoms with E-state index in [0.717, 1.165) is 0 Å². The first kappa shape index (κ1) is 13.6. The predicted octanol–water partition coefficient (Wildman–Crippen LogP) is 0.0458. The molecule has 1 aliphatic rings. The van der Waals surface area contributed by atoms with Gasteiger partial charge in [-0.1, -0.05) is 0 Å². The van der Waals surface area contributed by atoms with E-state index in [1.165, 1.54) is 0 Å². The normalized spacial score (nSPS) is 29.1. The van der Waals surface area contributed by atoms with Crippen LogP contribution in [0.5, 0.6) is 0 Å². The van der Waals surface area contributed by atoms with Crippen molar-refractivity contribution in [2.24, 2.45) is 0 Å². The van der Waals surface area contributed by atoms with Crippen molar-refractivity contribution in [2.75, 3.05) is 12.3 Å². The van der Waals surface area contributed by atoms with Crippen LogP contribution in [0, 0.1) is 5.82 Å². The van der Waals surface area contributed by atoms with Crippen LogP contribution in [-0.2, 0) is 4.74 Å². The molecule has 6 nitrogen and oxygen atoms in total. The Hall–Kier alpha value is -1.87.